The molecule has 6 nitrogen and oxygen atoms in total. The highest BCUT2D eigenvalue weighted by atomic mass is 16.5. The molecule has 0 radical (unpaired) electrons. The Morgan fingerprint density at radius 2 is 1.96 bits per heavy atom. The summed E-state index contributed by atoms with van der Waals surface area (Å²) in [7, 11) is 1.27. The smallest absolute Gasteiger partial charge is 0.338 e. The lowest BCUT2D eigenvalue weighted by atomic mass is 9.88. The van der Waals surface area contributed by atoms with E-state index in [1.807, 2.05) is 6.92 Å². The summed E-state index contributed by atoms with van der Waals surface area (Å²) >= 11 is 0. The van der Waals surface area contributed by atoms with E-state index in [0.717, 1.165) is 25.7 Å². The van der Waals surface area contributed by atoms with Gasteiger partial charge in [0.2, 0.25) is 0 Å². The Morgan fingerprint density at radius 1 is 1.29 bits per heavy atom. The first-order valence-corrected chi connectivity index (χ1v) is 9.72. The molecule has 0 fully saturated rings. The second kappa shape index (κ2) is 9.34. The zero-order valence-electron chi connectivity index (χ0n) is 17.1. The van der Waals surface area contributed by atoms with Gasteiger partial charge in [-0.1, -0.05) is 26.2 Å². The van der Waals surface area contributed by atoms with E-state index in [0.29, 0.717) is 23.3 Å². The van der Waals surface area contributed by atoms with Crippen molar-refractivity contribution in [1.82, 2.24) is 0 Å². The molecule has 0 aromatic carbocycles. The van der Waals surface area contributed by atoms with Crippen LogP contribution in [0.15, 0.2) is 46.5 Å². The molecule has 0 spiro atoms. The topological polar surface area (TPSA) is 93.1 Å². The zero-order chi connectivity index (χ0) is 20.9. The highest BCUT2D eigenvalue weighted by Crippen LogP contribution is 2.47. The van der Waals surface area contributed by atoms with Gasteiger partial charge >= 0.3 is 5.97 Å². The van der Waals surface area contributed by atoms with E-state index in [4.69, 9.17) is 14.6 Å². The largest absolute Gasteiger partial charge is 0.469 e. The second-order valence-electron chi connectivity index (χ2n) is 7.54. The molecule has 154 valence electrons. The average Bonchev–Trinajstić information content (AvgIpc) is 2.87. The molecule has 2 N–H and O–H groups in total. The number of unbranched alkanes of at least 4 members (excludes halogenated alkanes) is 3. The fourth-order valence-corrected chi connectivity index (χ4v) is 3.53. The van der Waals surface area contributed by atoms with Crippen molar-refractivity contribution < 1.29 is 29.3 Å². The Labute approximate surface area is 166 Å². The van der Waals surface area contributed by atoms with Gasteiger partial charge in [-0.05, 0) is 38.8 Å². The highest BCUT2D eigenvalue weighted by molar-refractivity contribution is 6.03. The first-order chi connectivity index (χ1) is 13.2. The maximum absolute atomic E-state index is 12.8. The third-order valence-corrected chi connectivity index (χ3v) is 5.30. The maximum atomic E-state index is 12.8. The van der Waals surface area contributed by atoms with E-state index in [-0.39, 0.29) is 29.5 Å². The Morgan fingerprint density at radius 3 is 2.61 bits per heavy atom. The highest BCUT2D eigenvalue weighted by Gasteiger charge is 2.46. The van der Waals surface area contributed by atoms with Crippen molar-refractivity contribution in [3.05, 3.63) is 46.5 Å². The number of rotatable bonds is 9. The SMILES string of the molecule is COC(=O)C1=C2C=C(C)OC=C2[C@](C)(O)/C1=C\C(=O)[C@@H](C)CCCCCCO. The lowest BCUT2D eigenvalue weighted by molar-refractivity contribution is -0.135. The van der Waals surface area contributed by atoms with E-state index < -0.39 is 11.6 Å². The Bertz CT molecular complexity index is 751. The van der Waals surface area contributed by atoms with Crippen molar-refractivity contribution >= 4 is 11.8 Å². The minimum absolute atomic E-state index is 0.139. The lowest BCUT2D eigenvalue weighted by Gasteiger charge is -2.24. The molecule has 2 aliphatic rings. The van der Waals surface area contributed by atoms with Gasteiger partial charge in [-0.25, -0.2) is 4.79 Å². The number of aliphatic hydroxyl groups excluding tert-OH is 1. The van der Waals surface area contributed by atoms with Crippen LogP contribution in [0, 0.1) is 5.92 Å². The molecule has 1 heterocycles. The van der Waals surface area contributed by atoms with Crippen molar-refractivity contribution in [3.8, 4) is 0 Å². The lowest BCUT2D eigenvalue weighted by Crippen LogP contribution is -2.28. The number of allylic oxidation sites excluding steroid dienone is 3. The summed E-state index contributed by atoms with van der Waals surface area (Å²) in [6.45, 7) is 5.33. The average molecular weight is 390 g/mol. The van der Waals surface area contributed by atoms with Crippen LogP contribution >= 0.6 is 0 Å². The van der Waals surface area contributed by atoms with Gasteiger partial charge in [0.05, 0.1) is 18.9 Å². The molecule has 1 aliphatic heterocycles. The molecule has 0 bridgehead atoms. The molecular formula is C22H30O6. The fourth-order valence-electron chi connectivity index (χ4n) is 3.53. The van der Waals surface area contributed by atoms with Crippen molar-refractivity contribution in [2.24, 2.45) is 5.92 Å². The van der Waals surface area contributed by atoms with E-state index in [1.165, 1.54) is 19.4 Å². The molecule has 0 amide bonds. The molecule has 28 heavy (non-hydrogen) atoms. The second-order valence-corrected chi connectivity index (χ2v) is 7.54. The van der Waals surface area contributed by atoms with Crippen LogP contribution in [-0.2, 0) is 19.1 Å². The monoisotopic (exact) mass is 390 g/mol. The third kappa shape index (κ3) is 4.62. The Balaban J connectivity index is 2.28. The van der Waals surface area contributed by atoms with Crippen LogP contribution in [0.2, 0.25) is 0 Å². The van der Waals surface area contributed by atoms with Gasteiger partial charge in [0.15, 0.2) is 5.78 Å². The summed E-state index contributed by atoms with van der Waals surface area (Å²) < 4.78 is 10.3. The molecule has 1 aliphatic carbocycles. The number of fused-ring (bicyclic) bond motifs is 1. The van der Waals surface area contributed by atoms with Crippen LogP contribution in [0.3, 0.4) is 0 Å². The number of carbonyl (C=O) groups is 2. The number of hydrogen-bond acceptors (Lipinski definition) is 6. The number of aliphatic hydroxyl groups is 2. The summed E-state index contributed by atoms with van der Waals surface area (Å²) in [6.07, 6.45) is 8.73. The molecule has 0 aromatic heterocycles. The van der Waals surface area contributed by atoms with Gasteiger partial charge in [0.1, 0.15) is 11.4 Å². The van der Waals surface area contributed by atoms with Crippen LogP contribution in [0.4, 0.5) is 0 Å². The van der Waals surface area contributed by atoms with Gasteiger partial charge in [-0.2, -0.15) is 0 Å². The number of hydrogen-bond donors (Lipinski definition) is 2. The van der Waals surface area contributed by atoms with Crippen LogP contribution in [-0.4, -0.2) is 41.3 Å². The summed E-state index contributed by atoms with van der Waals surface area (Å²) in [6, 6.07) is 0. The number of methoxy groups -OCH3 is 1. The van der Waals surface area contributed by atoms with Gasteiger partial charge in [-0.15, -0.1) is 0 Å². The summed E-state index contributed by atoms with van der Waals surface area (Å²) in [5.74, 6) is -0.383. The van der Waals surface area contributed by atoms with Gasteiger partial charge in [0, 0.05) is 29.2 Å². The first-order valence-electron chi connectivity index (χ1n) is 9.72. The molecule has 6 heteroatoms. The predicted molar refractivity (Wildman–Crippen MR) is 105 cm³/mol. The standard InChI is InChI=1S/C22H30O6/c1-14(9-7-5-6-8-10-23)19(24)12-17-20(21(25)27-4)16-11-15(2)28-13-18(16)22(17,3)26/h11-14,23,26H,5-10H2,1-4H3/b17-12-/t14-,22+/m0/s1. The molecule has 0 saturated heterocycles. The van der Waals surface area contributed by atoms with Gasteiger partial charge < -0.3 is 19.7 Å². The summed E-state index contributed by atoms with van der Waals surface area (Å²) in [5, 5.41) is 19.9. The van der Waals surface area contributed by atoms with Crippen LogP contribution < -0.4 is 0 Å². The minimum Gasteiger partial charge on any atom is -0.469 e. The minimum atomic E-state index is -1.52. The molecule has 2 rings (SSSR count). The Kier molecular flexibility index (Phi) is 7.38. The van der Waals surface area contributed by atoms with E-state index >= 15 is 0 Å². The molecule has 0 aromatic rings. The van der Waals surface area contributed by atoms with Crippen LogP contribution in [0.5, 0.6) is 0 Å². The number of ketones is 1. The molecule has 0 saturated carbocycles. The number of carbonyl (C=O) groups excluding carboxylic acids is 2. The quantitative estimate of drug-likeness (QED) is 0.357. The van der Waals surface area contributed by atoms with Crippen molar-refractivity contribution in [2.45, 2.75) is 58.5 Å². The predicted octanol–water partition coefficient (Wildman–Crippen LogP) is 3.11. The van der Waals surface area contributed by atoms with Gasteiger partial charge in [0.25, 0.3) is 0 Å². The first kappa shape index (κ1) is 22.1. The van der Waals surface area contributed by atoms with Crippen LogP contribution in [0.1, 0.15) is 52.9 Å². The fraction of sp³-hybridized carbons (Fsp3) is 0.545. The molecule has 0 unspecified atom stereocenters. The summed E-state index contributed by atoms with van der Waals surface area (Å²) in [5.41, 5.74) is -0.116. The third-order valence-electron chi connectivity index (χ3n) is 5.30. The van der Waals surface area contributed by atoms with Crippen molar-refractivity contribution in [1.29, 1.82) is 0 Å². The Hall–Kier alpha value is -2.18. The summed E-state index contributed by atoms with van der Waals surface area (Å²) in [4.78, 5) is 25.2. The number of esters is 1. The van der Waals surface area contributed by atoms with Gasteiger partial charge in [-0.3, -0.25) is 4.79 Å². The maximum Gasteiger partial charge on any atom is 0.338 e. The molecule has 2 atom stereocenters. The van der Waals surface area contributed by atoms with Crippen LogP contribution in [0.25, 0.3) is 0 Å². The normalized spacial score (nSPS) is 23.7. The number of ether oxygens (including phenoxy) is 2. The van der Waals surface area contributed by atoms with E-state index in [9.17, 15) is 14.7 Å². The molecular weight excluding hydrogens is 360 g/mol. The van der Waals surface area contributed by atoms with Crippen molar-refractivity contribution in [3.63, 3.8) is 0 Å². The van der Waals surface area contributed by atoms with Crippen molar-refractivity contribution in [2.75, 3.05) is 13.7 Å². The van der Waals surface area contributed by atoms with E-state index in [2.05, 4.69) is 0 Å². The zero-order valence-corrected chi connectivity index (χ0v) is 17.1. The van der Waals surface area contributed by atoms with E-state index in [1.54, 1.807) is 19.9 Å².